The van der Waals surface area contributed by atoms with Crippen molar-refractivity contribution in [3.63, 3.8) is 0 Å². The molecule has 4 aromatic carbocycles. The highest BCUT2D eigenvalue weighted by atomic mass is 14.8. The average Bonchev–Trinajstić information content (AvgIpc) is 2.67. The van der Waals surface area contributed by atoms with E-state index in [9.17, 15) is 0 Å². The van der Waals surface area contributed by atoms with E-state index in [1.807, 2.05) is 0 Å². The van der Waals surface area contributed by atoms with Gasteiger partial charge in [-0.15, -0.1) is 0 Å². The summed E-state index contributed by atoms with van der Waals surface area (Å²) in [6, 6.07) is 28.0. The highest BCUT2D eigenvalue weighted by molar-refractivity contribution is 6.02. The van der Waals surface area contributed by atoms with Crippen LogP contribution in [-0.2, 0) is 19.6 Å². The van der Waals surface area contributed by atoms with E-state index in [1.165, 1.54) is 38.2 Å². The summed E-state index contributed by atoms with van der Waals surface area (Å²) in [5, 5.41) is 8.85. The number of nitrogens with two attached hydrogens (primary N) is 1. The van der Waals surface area contributed by atoms with Crippen LogP contribution in [0.1, 0.15) is 16.7 Å². The first kappa shape index (κ1) is 15.8. The van der Waals surface area contributed by atoms with Crippen molar-refractivity contribution in [2.75, 3.05) is 0 Å². The molecule has 0 saturated carbocycles. The Kier molecular flexibility index (Phi) is 4.47. The van der Waals surface area contributed by atoms with Crippen LogP contribution in [0.15, 0.2) is 78.9 Å². The maximum atomic E-state index is 5.74. The van der Waals surface area contributed by atoms with E-state index in [-0.39, 0.29) is 0 Å². The van der Waals surface area contributed by atoms with E-state index in [2.05, 4.69) is 84.2 Å². The predicted octanol–water partition coefficient (Wildman–Crippen LogP) is 4.74. The Morgan fingerprint density at radius 1 is 0.640 bits per heavy atom. The fourth-order valence-electron chi connectivity index (χ4n) is 3.50. The first-order valence-corrected chi connectivity index (χ1v) is 8.73. The maximum absolute atomic E-state index is 5.74. The van der Waals surface area contributed by atoms with Gasteiger partial charge in [0.05, 0.1) is 0 Å². The van der Waals surface area contributed by atoms with Crippen molar-refractivity contribution in [2.45, 2.75) is 19.6 Å². The third-order valence-electron chi connectivity index (χ3n) is 4.74. The van der Waals surface area contributed by atoms with Gasteiger partial charge in [-0.2, -0.15) is 0 Å². The molecule has 3 N–H and O–H groups in total. The van der Waals surface area contributed by atoms with Crippen LogP contribution in [0.25, 0.3) is 21.5 Å². The molecule has 124 valence electrons. The molecule has 2 heteroatoms. The Morgan fingerprint density at radius 3 is 1.96 bits per heavy atom. The first-order valence-electron chi connectivity index (χ1n) is 8.73. The van der Waals surface area contributed by atoms with E-state index in [4.69, 9.17) is 5.73 Å². The van der Waals surface area contributed by atoms with Gasteiger partial charge in [-0.3, -0.25) is 0 Å². The summed E-state index contributed by atoms with van der Waals surface area (Å²) >= 11 is 0. The van der Waals surface area contributed by atoms with Crippen molar-refractivity contribution in [2.24, 2.45) is 5.73 Å². The predicted molar refractivity (Wildman–Crippen MR) is 106 cm³/mol. The standard InChI is InChI=1S/C23H22N2/c24-14-17-6-5-7-18(12-17)15-25-16-23-21-10-3-1-8-19(21)13-20-9-2-4-11-22(20)23/h1-13,25H,14-16,24H2. The molecule has 0 spiro atoms. The van der Waals surface area contributed by atoms with Gasteiger partial charge >= 0.3 is 0 Å². The van der Waals surface area contributed by atoms with Gasteiger partial charge in [0.2, 0.25) is 0 Å². The Hall–Kier alpha value is -2.68. The fourth-order valence-corrected chi connectivity index (χ4v) is 3.50. The van der Waals surface area contributed by atoms with Crippen LogP contribution in [-0.4, -0.2) is 0 Å². The molecule has 0 aliphatic carbocycles. The minimum atomic E-state index is 0.585. The van der Waals surface area contributed by atoms with Gasteiger partial charge in [0.25, 0.3) is 0 Å². The van der Waals surface area contributed by atoms with E-state index in [0.29, 0.717) is 6.54 Å². The van der Waals surface area contributed by atoms with Gasteiger partial charge in [0.15, 0.2) is 0 Å². The summed E-state index contributed by atoms with van der Waals surface area (Å²) in [4.78, 5) is 0. The molecule has 0 atom stereocenters. The van der Waals surface area contributed by atoms with Gasteiger partial charge in [0, 0.05) is 19.6 Å². The average molecular weight is 326 g/mol. The van der Waals surface area contributed by atoms with Crippen molar-refractivity contribution in [1.29, 1.82) is 0 Å². The van der Waals surface area contributed by atoms with Crippen LogP contribution >= 0.6 is 0 Å². The van der Waals surface area contributed by atoms with Crippen molar-refractivity contribution >= 4 is 21.5 Å². The molecule has 25 heavy (non-hydrogen) atoms. The van der Waals surface area contributed by atoms with Gasteiger partial charge in [-0.25, -0.2) is 0 Å². The van der Waals surface area contributed by atoms with Crippen molar-refractivity contribution in [3.05, 3.63) is 95.6 Å². The third-order valence-corrected chi connectivity index (χ3v) is 4.74. The minimum absolute atomic E-state index is 0.585. The monoisotopic (exact) mass is 326 g/mol. The molecule has 4 aromatic rings. The molecule has 0 aliphatic rings. The summed E-state index contributed by atoms with van der Waals surface area (Å²) in [7, 11) is 0. The van der Waals surface area contributed by atoms with Gasteiger partial charge in [0.1, 0.15) is 0 Å². The normalized spacial score (nSPS) is 11.2. The summed E-state index contributed by atoms with van der Waals surface area (Å²) < 4.78 is 0. The molecular weight excluding hydrogens is 304 g/mol. The number of benzene rings is 4. The fraction of sp³-hybridized carbons (Fsp3) is 0.130. The lowest BCUT2D eigenvalue weighted by molar-refractivity contribution is 0.698. The van der Waals surface area contributed by atoms with Crippen LogP contribution in [0.3, 0.4) is 0 Å². The second kappa shape index (κ2) is 7.06. The molecule has 0 unspecified atom stereocenters. The van der Waals surface area contributed by atoms with Crippen LogP contribution in [0, 0.1) is 0 Å². The summed E-state index contributed by atoms with van der Waals surface area (Å²) in [6.45, 7) is 2.27. The molecule has 4 rings (SSSR count). The lowest BCUT2D eigenvalue weighted by atomic mass is 9.96. The second-order valence-electron chi connectivity index (χ2n) is 6.43. The zero-order valence-corrected chi connectivity index (χ0v) is 14.2. The van der Waals surface area contributed by atoms with E-state index in [1.54, 1.807) is 0 Å². The summed E-state index contributed by atoms with van der Waals surface area (Å²) in [5.74, 6) is 0. The Morgan fingerprint density at radius 2 is 1.28 bits per heavy atom. The van der Waals surface area contributed by atoms with Gasteiger partial charge in [-0.1, -0.05) is 72.8 Å². The summed E-state index contributed by atoms with van der Waals surface area (Å²) in [5.41, 5.74) is 9.55. The lowest BCUT2D eigenvalue weighted by Crippen LogP contribution is -2.13. The van der Waals surface area contributed by atoms with Crippen LogP contribution in [0.5, 0.6) is 0 Å². The van der Waals surface area contributed by atoms with Crippen LogP contribution < -0.4 is 11.1 Å². The number of fused-ring (bicyclic) bond motifs is 2. The molecule has 0 fully saturated rings. The third kappa shape index (κ3) is 3.27. The minimum Gasteiger partial charge on any atom is -0.326 e. The van der Waals surface area contributed by atoms with Crippen molar-refractivity contribution < 1.29 is 0 Å². The van der Waals surface area contributed by atoms with E-state index >= 15 is 0 Å². The molecular formula is C23H22N2. The first-order chi connectivity index (χ1) is 12.3. The number of hydrogen-bond acceptors (Lipinski definition) is 2. The number of nitrogens with one attached hydrogen (secondary N) is 1. The smallest absolute Gasteiger partial charge is 0.0221 e. The van der Waals surface area contributed by atoms with Crippen molar-refractivity contribution in [3.8, 4) is 0 Å². The lowest BCUT2D eigenvalue weighted by Gasteiger charge is -2.13. The molecule has 0 amide bonds. The molecule has 0 saturated heterocycles. The molecule has 0 heterocycles. The zero-order chi connectivity index (χ0) is 17.1. The topological polar surface area (TPSA) is 38.0 Å². The molecule has 0 aromatic heterocycles. The molecule has 0 bridgehead atoms. The highest BCUT2D eigenvalue weighted by Gasteiger charge is 2.07. The van der Waals surface area contributed by atoms with Crippen LogP contribution in [0.2, 0.25) is 0 Å². The quantitative estimate of drug-likeness (QED) is 0.520. The Bertz CT molecular complexity index is 967. The molecule has 0 aliphatic heterocycles. The number of hydrogen-bond donors (Lipinski definition) is 2. The van der Waals surface area contributed by atoms with E-state index < -0.39 is 0 Å². The largest absolute Gasteiger partial charge is 0.326 e. The second-order valence-corrected chi connectivity index (χ2v) is 6.43. The van der Waals surface area contributed by atoms with Gasteiger partial charge < -0.3 is 11.1 Å². The van der Waals surface area contributed by atoms with Gasteiger partial charge in [-0.05, 0) is 44.3 Å². The Labute approximate surface area is 148 Å². The van der Waals surface area contributed by atoms with E-state index in [0.717, 1.165) is 13.1 Å². The van der Waals surface area contributed by atoms with Crippen molar-refractivity contribution in [1.82, 2.24) is 5.32 Å². The highest BCUT2D eigenvalue weighted by Crippen LogP contribution is 2.28. The maximum Gasteiger partial charge on any atom is 0.0221 e. The summed E-state index contributed by atoms with van der Waals surface area (Å²) in [6.07, 6.45) is 0. The molecule has 2 nitrogen and oxygen atoms in total. The zero-order valence-electron chi connectivity index (χ0n) is 14.2. The number of rotatable bonds is 5. The molecule has 0 radical (unpaired) electrons. The SMILES string of the molecule is NCc1cccc(CNCc2c3ccccc3cc3ccccc23)c1. The Balaban J connectivity index is 1.65. The van der Waals surface area contributed by atoms with Crippen LogP contribution in [0.4, 0.5) is 0 Å².